The molecule has 1 aliphatic carbocycles. The van der Waals surface area contributed by atoms with Crippen molar-refractivity contribution < 1.29 is 9.32 Å². The van der Waals surface area contributed by atoms with Gasteiger partial charge in [-0.05, 0) is 30.6 Å². The smallest absolute Gasteiger partial charge is 0.276 e. The molecular formula is C19H22N4O3S. The fraction of sp³-hybridized carbons (Fsp3) is 0.579. The highest BCUT2D eigenvalue weighted by atomic mass is 32.2. The maximum absolute atomic E-state index is 12.7. The van der Waals surface area contributed by atoms with E-state index in [1.807, 2.05) is 11.8 Å². The van der Waals surface area contributed by atoms with Crippen LogP contribution in [0.25, 0.3) is 0 Å². The molecule has 142 valence electrons. The quantitative estimate of drug-likeness (QED) is 0.798. The average molecular weight is 386 g/mol. The van der Waals surface area contributed by atoms with Crippen molar-refractivity contribution in [3.05, 3.63) is 44.7 Å². The molecule has 2 aromatic heterocycles. The van der Waals surface area contributed by atoms with Gasteiger partial charge >= 0.3 is 0 Å². The molecular weight excluding hydrogens is 364 g/mol. The van der Waals surface area contributed by atoms with Crippen LogP contribution >= 0.6 is 11.8 Å². The van der Waals surface area contributed by atoms with Gasteiger partial charge in [0.1, 0.15) is 5.76 Å². The number of amides is 1. The largest absolute Gasteiger partial charge is 0.360 e. The molecule has 0 radical (unpaired) electrons. The Labute approximate surface area is 161 Å². The predicted molar refractivity (Wildman–Crippen MR) is 101 cm³/mol. The first-order chi connectivity index (χ1) is 13.2. The number of rotatable bonds is 3. The van der Waals surface area contributed by atoms with E-state index in [0.29, 0.717) is 25.3 Å². The molecule has 3 aliphatic rings. The number of aryl methyl sites for hydroxylation is 2. The Morgan fingerprint density at radius 2 is 2.11 bits per heavy atom. The standard InChI is InChI=1S/C19H22N4O3S/c24-17-7-13-11-27-6-5-15(13)20-23(17)10-12-8-22(9-12)19(25)18-14-3-1-2-4-16(14)26-21-18/h7,12H,1-6,8-11H2. The van der Waals surface area contributed by atoms with E-state index < -0.39 is 0 Å². The molecule has 0 aromatic carbocycles. The summed E-state index contributed by atoms with van der Waals surface area (Å²) in [7, 11) is 0. The van der Waals surface area contributed by atoms with Crippen LogP contribution in [0.1, 0.15) is 45.9 Å². The summed E-state index contributed by atoms with van der Waals surface area (Å²) < 4.78 is 6.95. The van der Waals surface area contributed by atoms with Crippen molar-refractivity contribution in [2.75, 3.05) is 18.8 Å². The molecule has 4 heterocycles. The normalized spacial score (nSPS) is 19.3. The SMILES string of the molecule is O=C(c1noc2c1CCCC2)N1CC(Cn2nc3c(cc2=O)CSCC3)C1. The molecule has 2 aliphatic heterocycles. The maximum atomic E-state index is 12.7. The number of nitrogens with zero attached hydrogens (tertiary/aromatic N) is 4. The van der Waals surface area contributed by atoms with Crippen LogP contribution in [0, 0.1) is 5.92 Å². The molecule has 1 fully saturated rings. The van der Waals surface area contributed by atoms with Crippen molar-refractivity contribution in [3.8, 4) is 0 Å². The van der Waals surface area contributed by atoms with Crippen molar-refractivity contribution in [1.29, 1.82) is 0 Å². The number of hydrogen-bond donors (Lipinski definition) is 0. The van der Waals surface area contributed by atoms with Gasteiger partial charge in [0.15, 0.2) is 5.69 Å². The molecule has 0 N–H and O–H groups in total. The zero-order valence-electron chi connectivity index (χ0n) is 15.1. The molecule has 0 unspecified atom stereocenters. The van der Waals surface area contributed by atoms with Gasteiger partial charge in [0.25, 0.3) is 11.5 Å². The van der Waals surface area contributed by atoms with E-state index in [9.17, 15) is 9.59 Å². The van der Waals surface area contributed by atoms with Crippen molar-refractivity contribution in [2.45, 2.75) is 44.4 Å². The lowest BCUT2D eigenvalue weighted by Gasteiger charge is -2.39. The molecule has 1 amide bonds. The van der Waals surface area contributed by atoms with Crippen LogP contribution in [0.5, 0.6) is 0 Å². The number of likely N-dealkylation sites (tertiary alicyclic amines) is 1. The van der Waals surface area contributed by atoms with Crippen molar-refractivity contribution in [2.24, 2.45) is 5.92 Å². The molecule has 2 aromatic rings. The van der Waals surface area contributed by atoms with Gasteiger partial charge in [0, 0.05) is 49.2 Å². The van der Waals surface area contributed by atoms with Crippen molar-refractivity contribution in [1.82, 2.24) is 19.8 Å². The summed E-state index contributed by atoms with van der Waals surface area (Å²) in [5, 5.41) is 8.61. The van der Waals surface area contributed by atoms with Gasteiger partial charge in [-0.15, -0.1) is 0 Å². The predicted octanol–water partition coefficient (Wildman–Crippen LogP) is 1.67. The summed E-state index contributed by atoms with van der Waals surface area (Å²) in [5.41, 5.74) is 3.58. The second kappa shape index (κ2) is 6.82. The van der Waals surface area contributed by atoms with E-state index in [0.717, 1.165) is 66.2 Å². The maximum Gasteiger partial charge on any atom is 0.276 e. The minimum absolute atomic E-state index is 0.0356. The Balaban J connectivity index is 1.24. The third-order valence-corrected chi connectivity index (χ3v) is 6.74. The highest BCUT2D eigenvalue weighted by molar-refractivity contribution is 7.98. The Kier molecular flexibility index (Phi) is 4.30. The molecule has 0 atom stereocenters. The van der Waals surface area contributed by atoms with Gasteiger partial charge in [0.05, 0.1) is 12.2 Å². The fourth-order valence-electron chi connectivity index (χ4n) is 4.18. The topological polar surface area (TPSA) is 81.2 Å². The highest BCUT2D eigenvalue weighted by Crippen LogP contribution is 2.27. The Hall–Kier alpha value is -2.09. The average Bonchev–Trinajstić information content (AvgIpc) is 3.08. The summed E-state index contributed by atoms with van der Waals surface area (Å²) in [4.78, 5) is 26.9. The van der Waals surface area contributed by atoms with Crippen molar-refractivity contribution in [3.63, 3.8) is 0 Å². The molecule has 0 saturated carbocycles. The second-order valence-corrected chi connectivity index (χ2v) is 8.76. The van der Waals surface area contributed by atoms with Crippen LogP contribution in [-0.4, -0.2) is 44.6 Å². The van der Waals surface area contributed by atoms with Gasteiger partial charge in [0.2, 0.25) is 0 Å². The molecule has 0 bridgehead atoms. The van der Waals surface area contributed by atoms with E-state index >= 15 is 0 Å². The van der Waals surface area contributed by atoms with Crippen LogP contribution in [-0.2, 0) is 31.6 Å². The summed E-state index contributed by atoms with van der Waals surface area (Å²) >= 11 is 1.85. The van der Waals surface area contributed by atoms with Crippen molar-refractivity contribution >= 4 is 17.7 Å². The lowest BCUT2D eigenvalue weighted by Crippen LogP contribution is -2.52. The fourth-order valence-corrected chi connectivity index (χ4v) is 5.13. The lowest BCUT2D eigenvalue weighted by atomic mass is 9.94. The number of hydrogen-bond acceptors (Lipinski definition) is 6. The molecule has 1 saturated heterocycles. The van der Waals surface area contributed by atoms with Crippen LogP contribution in [0.15, 0.2) is 15.4 Å². The third-order valence-electron chi connectivity index (χ3n) is 5.73. The zero-order valence-corrected chi connectivity index (χ0v) is 16.0. The number of carbonyl (C=O) groups is 1. The first-order valence-corrected chi connectivity index (χ1v) is 10.8. The summed E-state index contributed by atoms with van der Waals surface area (Å²) in [6.45, 7) is 1.85. The summed E-state index contributed by atoms with van der Waals surface area (Å²) in [6.07, 6.45) is 4.87. The van der Waals surface area contributed by atoms with Gasteiger partial charge in [-0.2, -0.15) is 16.9 Å². The van der Waals surface area contributed by atoms with Crippen LogP contribution < -0.4 is 5.56 Å². The number of fused-ring (bicyclic) bond motifs is 2. The first-order valence-electron chi connectivity index (χ1n) is 9.63. The van der Waals surface area contributed by atoms with Crippen LogP contribution in [0.3, 0.4) is 0 Å². The number of aromatic nitrogens is 3. The van der Waals surface area contributed by atoms with E-state index in [-0.39, 0.29) is 17.4 Å². The number of thioether (sulfide) groups is 1. The van der Waals surface area contributed by atoms with Gasteiger partial charge in [-0.25, -0.2) is 4.68 Å². The minimum Gasteiger partial charge on any atom is -0.360 e. The minimum atomic E-state index is -0.0408. The summed E-state index contributed by atoms with van der Waals surface area (Å²) in [6, 6.07) is 1.73. The highest BCUT2D eigenvalue weighted by Gasteiger charge is 2.35. The van der Waals surface area contributed by atoms with Gasteiger partial charge in [-0.3, -0.25) is 9.59 Å². The number of carbonyl (C=O) groups excluding carboxylic acids is 1. The molecule has 27 heavy (non-hydrogen) atoms. The van der Waals surface area contributed by atoms with E-state index in [2.05, 4.69) is 10.3 Å². The molecule has 8 heteroatoms. The molecule has 7 nitrogen and oxygen atoms in total. The Bertz CT molecular complexity index is 945. The monoisotopic (exact) mass is 386 g/mol. The third kappa shape index (κ3) is 3.09. The van der Waals surface area contributed by atoms with E-state index in [1.54, 1.807) is 15.6 Å². The molecule has 0 spiro atoms. The summed E-state index contributed by atoms with van der Waals surface area (Å²) in [5.74, 6) is 3.04. The van der Waals surface area contributed by atoms with E-state index in [1.165, 1.54) is 0 Å². The van der Waals surface area contributed by atoms with Gasteiger partial charge < -0.3 is 9.42 Å². The van der Waals surface area contributed by atoms with E-state index in [4.69, 9.17) is 4.52 Å². The van der Waals surface area contributed by atoms with Gasteiger partial charge in [-0.1, -0.05) is 5.16 Å². The molecule has 5 rings (SSSR count). The zero-order chi connectivity index (χ0) is 18.4. The van der Waals surface area contributed by atoms with Crippen LogP contribution in [0.2, 0.25) is 0 Å². The first kappa shape index (κ1) is 17.0. The Morgan fingerprint density at radius 3 is 3.00 bits per heavy atom. The second-order valence-electron chi connectivity index (χ2n) is 7.66. The Morgan fingerprint density at radius 1 is 1.26 bits per heavy atom. The lowest BCUT2D eigenvalue weighted by molar-refractivity contribution is 0.0447. The van der Waals surface area contributed by atoms with Crippen LogP contribution in [0.4, 0.5) is 0 Å².